The van der Waals surface area contributed by atoms with Crippen molar-refractivity contribution in [3.8, 4) is 16.9 Å². The predicted octanol–water partition coefficient (Wildman–Crippen LogP) is 4.82. The molecule has 4 rings (SSSR count). The Bertz CT molecular complexity index is 1260. The van der Waals surface area contributed by atoms with E-state index in [0.29, 0.717) is 29.2 Å². The minimum atomic E-state index is -0.909. The molecule has 0 aliphatic rings. The van der Waals surface area contributed by atoms with E-state index >= 15 is 0 Å². The lowest BCUT2D eigenvalue weighted by Crippen LogP contribution is -2.04. The maximum absolute atomic E-state index is 11.2. The van der Waals surface area contributed by atoms with Gasteiger partial charge in [0, 0.05) is 23.1 Å². The Labute approximate surface area is 185 Å². The smallest absolute Gasteiger partial charge is 0.307 e. The Kier molecular flexibility index (Phi) is 6.25. The molecule has 1 unspecified atom stereocenters. The fourth-order valence-corrected chi connectivity index (χ4v) is 3.72. The number of carbonyl (C=O) groups is 1. The number of hydrogen-bond acceptors (Lipinski definition) is 5. The Balaban J connectivity index is 1.73. The molecule has 0 saturated heterocycles. The molecule has 0 aliphatic carbocycles. The predicted molar refractivity (Wildman–Crippen MR) is 122 cm³/mol. The lowest BCUT2D eigenvalue weighted by molar-refractivity contribution is -0.136. The van der Waals surface area contributed by atoms with Crippen molar-refractivity contribution in [3.63, 3.8) is 0 Å². The number of benzene rings is 3. The summed E-state index contributed by atoms with van der Waals surface area (Å²) < 4.78 is 12.0. The van der Waals surface area contributed by atoms with Gasteiger partial charge in [-0.1, -0.05) is 36.4 Å². The van der Waals surface area contributed by atoms with Crippen LogP contribution in [0.3, 0.4) is 0 Å². The van der Waals surface area contributed by atoms with Crippen LogP contribution in [-0.4, -0.2) is 16.2 Å². The summed E-state index contributed by atoms with van der Waals surface area (Å²) in [4.78, 5) is 11.2. The van der Waals surface area contributed by atoms with Gasteiger partial charge in [0.25, 0.3) is 0 Å². The summed E-state index contributed by atoms with van der Waals surface area (Å²) in [6, 6.07) is 20.8. The summed E-state index contributed by atoms with van der Waals surface area (Å²) in [5, 5.41) is 20.0. The third kappa shape index (κ3) is 4.66. The first-order chi connectivity index (χ1) is 15.4. The highest BCUT2D eigenvalue weighted by Gasteiger charge is 2.16. The van der Waals surface area contributed by atoms with E-state index in [1.807, 2.05) is 48.5 Å². The average Bonchev–Trinajstić information content (AvgIpc) is 3.22. The molecule has 1 aromatic heterocycles. The Morgan fingerprint density at radius 1 is 1.06 bits per heavy atom. The van der Waals surface area contributed by atoms with Gasteiger partial charge < -0.3 is 25.1 Å². The minimum Gasteiger partial charge on any atom is -0.489 e. The molecule has 1 atom stereocenters. The van der Waals surface area contributed by atoms with Crippen molar-refractivity contribution < 1.29 is 24.2 Å². The summed E-state index contributed by atoms with van der Waals surface area (Å²) >= 11 is 0. The number of hydrogen-bond donors (Lipinski definition) is 3. The molecule has 4 aromatic rings. The van der Waals surface area contributed by atoms with E-state index in [2.05, 4.69) is 0 Å². The monoisotopic (exact) mass is 431 g/mol. The maximum Gasteiger partial charge on any atom is 0.307 e. The number of furan rings is 1. The number of carboxylic acid groups (broad SMARTS) is 1. The standard InChI is InChI=1S/C26H25NO5/c1-16(28)24-12-21-10-18(15-31-23-8-3-2-6-20(23)13-25(29)30)11-22(26(21)32-24)19-7-4-5-17(9-19)14-27/h2-12,16,28H,13-15,27H2,1H3,(H,29,30). The van der Waals surface area contributed by atoms with Crippen LogP contribution in [0.15, 0.2) is 71.1 Å². The fourth-order valence-electron chi connectivity index (χ4n) is 3.72. The Morgan fingerprint density at radius 2 is 1.88 bits per heavy atom. The van der Waals surface area contributed by atoms with E-state index in [4.69, 9.17) is 20.0 Å². The van der Waals surface area contributed by atoms with E-state index < -0.39 is 12.1 Å². The SMILES string of the molecule is CC(O)c1cc2cc(COc3ccccc3CC(=O)O)cc(-c3cccc(CN)c3)c2o1. The number of aliphatic carboxylic acids is 1. The van der Waals surface area contributed by atoms with Crippen molar-refractivity contribution in [2.24, 2.45) is 5.73 Å². The molecule has 6 heteroatoms. The first-order valence-electron chi connectivity index (χ1n) is 10.4. The fraction of sp³-hybridized carbons (Fsp3) is 0.192. The van der Waals surface area contributed by atoms with Crippen molar-refractivity contribution in [1.82, 2.24) is 0 Å². The van der Waals surface area contributed by atoms with Crippen molar-refractivity contribution in [3.05, 3.63) is 89.2 Å². The van der Waals surface area contributed by atoms with E-state index in [9.17, 15) is 9.90 Å². The molecular formula is C26H25NO5. The number of ether oxygens (including phenoxy) is 1. The summed E-state index contributed by atoms with van der Waals surface area (Å²) in [7, 11) is 0. The Morgan fingerprint density at radius 3 is 2.62 bits per heavy atom. The van der Waals surface area contributed by atoms with Crippen LogP contribution in [0.5, 0.6) is 5.75 Å². The molecule has 1 heterocycles. The first-order valence-corrected chi connectivity index (χ1v) is 10.4. The summed E-state index contributed by atoms with van der Waals surface area (Å²) in [5.41, 5.74) is 10.9. The largest absolute Gasteiger partial charge is 0.489 e. The van der Waals surface area contributed by atoms with Crippen LogP contribution in [-0.2, 0) is 24.4 Å². The highest BCUT2D eigenvalue weighted by atomic mass is 16.5. The molecule has 164 valence electrons. The average molecular weight is 431 g/mol. The van der Waals surface area contributed by atoms with E-state index in [1.54, 1.807) is 25.1 Å². The van der Waals surface area contributed by atoms with Gasteiger partial charge >= 0.3 is 5.97 Å². The summed E-state index contributed by atoms with van der Waals surface area (Å²) in [6.45, 7) is 2.35. The van der Waals surface area contributed by atoms with Gasteiger partial charge in [0.05, 0.1) is 6.42 Å². The molecule has 0 radical (unpaired) electrons. The van der Waals surface area contributed by atoms with E-state index in [1.165, 1.54) is 0 Å². The zero-order valence-corrected chi connectivity index (χ0v) is 17.7. The van der Waals surface area contributed by atoms with Crippen LogP contribution in [0, 0.1) is 0 Å². The van der Waals surface area contributed by atoms with Gasteiger partial charge in [-0.15, -0.1) is 0 Å². The molecule has 0 saturated carbocycles. The van der Waals surface area contributed by atoms with Crippen molar-refractivity contribution in [1.29, 1.82) is 0 Å². The van der Waals surface area contributed by atoms with Gasteiger partial charge in [-0.05, 0) is 53.9 Å². The minimum absolute atomic E-state index is 0.105. The van der Waals surface area contributed by atoms with Crippen molar-refractivity contribution in [2.75, 3.05) is 0 Å². The van der Waals surface area contributed by atoms with Crippen LogP contribution in [0.2, 0.25) is 0 Å². The maximum atomic E-state index is 11.2. The third-order valence-corrected chi connectivity index (χ3v) is 5.29. The number of aliphatic hydroxyl groups is 1. The highest BCUT2D eigenvalue weighted by molar-refractivity contribution is 5.93. The number of carboxylic acids is 1. The van der Waals surface area contributed by atoms with Gasteiger partial charge in [0.15, 0.2) is 0 Å². The molecule has 0 amide bonds. The summed E-state index contributed by atoms with van der Waals surface area (Å²) in [5.74, 6) is 0.119. The van der Waals surface area contributed by atoms with Crippen LogP contribution in [0.1, 0.15) is 35.5 Å². The first kappa shape index (κ1) is 21.6. The van der Waals surface area contributed by atoms with Gasteiger partial charge in [0.1, 0.15) is 29.8 Å². The topological polar surface area (TPSA) is 106 Å². The third-order valence-electron chi connectivity index (χ3n) is 5.29. The number of rotatable bonds is 8. The lowest BCUT2D eigenvalue weighted by Gasteiger charge is -2.12. The van der Waals surface area contributed by atoms with Crippen LogP contribution >= 0.6 is 0 Å². The molecule has 3 aromatic carbocycles. The second-order valence-electron chi connectivity index (χ2n) is 7.76. The zero-order valence-electron chi connectivity index (χ0n) is 17.7. The quantitative estimate of drug-likeness (QED) is 0.369. The van der Waals surface area contributed by atoms with Gasteiger partial charge in [-0.25, -0.2) is 0 Å². The molecule has 6 nitrogen and oxygen atoms in total. The second-order valence-corrected chi connectivity index (χ2v) is 7.76. The van der Waals surface area contributed by atoms with E-state index in [-0.39, 0.29) is 13.0 Å². The molecular weight excluding hydrogens is 406 g/mol. The second kappa shape index (κ2) is 9.26. The van der Waals surface area contributed by atoms with Gasteiger partial charge in [-0.3, -0.25) is 4.79 Å². The van der Waals surface area contributed by atoms with Gasteiger partial charge in [-0.2, -0.15) is 0 Å². The molecule has 0 aliphatic heterocycles. The van der Waals surface area contributed by atoms with Gasteiger partial charge in [0.2, 0.25) is 0 Å². The number of aliphatic hydroxyl groups excluding tert-OH is 1. The Hall–Kier alpha value is -3.61. The molecule has 0 bridgehead atoms. The molecule has 0 spiro atoms. The lowest BCUT2D eigenvalue weighted by atomic mass is 9.99. The van der Waals surface area contributed by atoms with E-state index in [0.717, 1.165) is 27.6 Å². The zero-order chi connectivity index (χ0) is 22.7. The molecule has 0 fully saturated rings. The number of nitrogens with two attached hydrogens (primary N) is 1. The molecule has 4 N–H and O–H groups in total. The highest BCUT2D eigenvalue weighted by Crippen LogP contribution is 2.35. The van der Waals surface area contributed by atoms with Crippen LogP contribution in [0.25, 0.3) is 22.1 Å². The normalized spacial score (nSPS) is 12.1. The van der Waals surface area contributed by atoms with Crippen LogP contribution in [0.4, 0.5) is 0 Å². The van der Waals surface area contributed by atoms with Crippen molar-refractivity contribution in [2.45, 2.75) is 32.6 Å². The molecule has 32 heavy (non-hydrogen) atoms. The van der Waals surface area contributed by atoms with Crippen LogP contribution < -0.4 is 10.5 Å². The number of para-hydroxylation sites is 1. The number of fused-ring (bicyclic) bond motifs is 1. The van der Waals surface area contributed by atoms with Crippen molar-refractivity contribution >= 4 is 16.9 Å². The summed E-state index contributed by atoms with van der Waals surface area (Å²) in [6.07, 6.45) is -0.834.